The van der Waals surface area contributed by atoms with Gasteiger partial charge in [-0.05, 0) is 28.1 Å². The summed E-state index contributed by atoms with van der Waals surface area (Å²) in [6.07, 6.45) is 5.48. The Morgan fingerprint density at radius 3 is 2.68 bits per heavy atom. The van der Waals surface area contributed by atoms with Crippen LogP contribution in [-0.4, -0.2) is 24.7 Å². The maximum atomic E-state index is 12.3. The number of ether oxygens (including phenoxy) is 2. The lowest BCUT2D eigenvalue weighted by Crippen LogP contribution is -2.16. The normalized spacial score (nSPS) is 11.5. The standard InChI is InChI=1S/C17H13BrN2O4S/c1-4-7-20-10-8-12(22-2)13(23-3)9-14(10)25-17(20)19-16(21)11-5-6-15(18)24-11/h1,5-6,8-9H,7H2,2-3H3. The summed E-state index contributed by atoms with van der Waals surface area (Å²) in [5.41, 5.74) is 0.813. The molecule has 0 aliphatic heterocycles. The van der Waals surface area contributed by atoms with Crippen molar-refractivity contribution in [2.75, 3.05) is 14.2 Å². The predicted octanol–water partition coefficient (Wildman–Crippen LogP) is 3.45. The van der Waals surface area contributed by atoms with E-state index in [9.17, 15) is 4.79 Å². The number of carbonyl (C=O) groups is 1. The maximum Gasteiger partial charge on any atom is 0.315 e. The highest BCUT2D eigenvalue weighted by Crippen LogP contribution is 2.33. The largest absolute Gasteiger partial charge is 0.493 e. The number of methoxy groups -OCH3 is 2. The molecule has 8 heteroatoms. The Morgan fingerprint density at radius 1 is 1.36 bits per heavy atom. The molecule has 2 aromatic heterocycles. The second-order valence-electron chi connectivity index (χ2n) is 4.87. The summed E-state index contributed by atoms with van der Waals surface area (Å²) in [7, 11) is 3.13. The molecule has 0 bridgehead atoms. The van der Waals surface area contributed by atoms with Gasteiger partial charge in [-0.3, -0.25) is 4.79 Å². The van der Waals surface area contributed by atoms with Gasteiger partial charge >= 0.3 is 5.91 Å². The molecule has 0 N–H and O–H groups in total. The Hall–Kier alpha value is -2.50. The second-order valence-corrected chi connectivity index (χ2v) is 6.66. The Balaban J connectivity index is 2.20. The van der Waals surface area contributed by atoms with Crippen LogP contribution in [0.2, 0.25) is 0 Å². The topological polar surface area (TPSA) is 66.0 Å². The minimum absolute atomic E-state index is 0.145. The molecule has 0 aliphatic carbocycles. The third-order valence-corrected chi connectivity index (χ3v) is 4.89. The summed E-state index contributed by atoms with van der Waals surface area (Å²) in [5, 5.41) is 0. The third kappa shape index (κ3) is 3.34. The van der Waals surface area contributed by atoms with Gasteiger partial charge in [0.05, 0.1) is 31.0 Å². The van der Waals surface area contributed by atoms with Gasteiger partial charge in [0.25, 0.3) is 0 Å². The van der Waals surface area contributed by atoms with E-state index in [-0.39, 0.29) is 12.3 Å². The maximum absolute atomic E-state index is 12.3. The minimum Gasteiger partial charge on any atom is -0.493 e. The SMILES string of the molecule is C#CCn1c(=NC(=O)c2ccc(Br)o2)sc2cc(OC)c(OC)cc21. The predicted molar refractivity (Wildman–Crippen MR) is 98.1 cm³/mol. The molecule has 1 aromatic carbocycles. The number of aromatic nitrogens is 1. The molecule has 6 nitrogen and oxygen atoms in total. The lowest BCUT2D eigenvalue weighted by molar-refractivity contribution is 0.0970. The van der Waals surface area contributed by atoms with Crippen LogP contribution in [0, 0.1) is 12.3 Å². The molecule has 1 amide bonds. The summed E-state index contributed by atoms with van der Waals surface area (Å²) in [5.74, 6) is 3.41. The number of furan rings is 1. The van der Waals surface area contributed by atoms with Crippen molar-refractivity contribution in [2.24, 2.45) is 4.99 Å². The molecule has 2 heterocycles. The first kappa shape index (κ1) is 17.3. The number of terminal acetylenes is 1. The van der Waals surface area contributed by atoms with Crippen LogP contribution in [-0.2, 0) is 6.54 Å². The highest BCUT2D eigenvalue weighted by Gasteiger charge is 2.14. The highest BCUT2D eigenvalue weighted by molar-refractivity contribution is 9.10. The molecule has 25 heavy (non-hydrogen) atoms. The number of amides is 1. The first-order chi connectivity index (χ1) is 12.1. The van der Waals surface area contributed by atoms with E-state index in [4.69, 9.17) is 20.3 Å². The Bertz CT molecular complexity index is 1050. The summed E-state index contributed by atoms with van der Waals surface area (Å²) in [6.45, 7) is 0.267. The van der Waals surface area contributed by atoms with Crippen LogP contribution in [0.4, 0.5) is 0 Å². The van der Waals surface area contributed by atoms with Crippen LogP contribution in [0.5, 0.6) is 11.5 Å². The van der Waals surface area contributed by atoms with Gasteiger partial charge in [0.2, 0.25) is 0 Å². The van der Waals surface area contributed by atoms with E-state index in [2.05, 4.69) is 26.8 Å². The lowest BCUT2D eigenvalue weighted by atomic mass is 10.3. The second kappa shape index (κ2) is 7.17. The van der Waals surface area contributed by atoms with E-state index in [1.54, 1.807) is 30.9 Å². The van der Waals surface area contributed by atoms with E-state index < -0.39 is 5.91 Å². The zero-order valence-electron chi connectivity index (χ0n) is 13.4. The third-order valence-electron chi connectivity index (χ3n) is 3.42. The number of halogens is 1. The van der Waals surface area contributed by atoms with E-state index in [1.807, 2.05) is 12.1 Å². The van der Waals surface area contributed by atoms with Gasteiger partial charge in [-0.1, -0.05) is 17.3 Å². The van der Waals surface area contributed by atoms with Gasteiger partial charge < -0.3 is 18.5 Å². The molecule has 128 valence electrons. The van der Waals surface area contributed by atoms with Gasteiger partial charge in [-0.25, -0.2) is 0 Å². The zero-order chi connectivity index (χ0) is 18.0. The number of hydrogen-bond acceptors (Lipinski definition) is 5. The van der Waals surface area contributed by atoms with Gasteiger partial charge in [0.15, 0.2) is 26.7 Å². The average Bonchev–Trinajstić information content (AvgIpc) is 3.18. The molecular weight excluding hydrogens is 408 g/mol. The van der Waals surface area contributed by atoms with Crippen molar-refractivity contribution < 1.29 is 18.7 Å². The smallest absolute Gasteiger partial charge is 0.315 e. The summed E-state index contributed by atoms with van der Waals surface area (Å²) in [6, 6.07) is 6.84. The van der Waals surface area contributed by atoms with E-state index in [1.165, 1.54) is 11.3 Å². The van der Waals surface area contributed by atoms with Crippen molar-refractivity contribution in [2.45, 2.75) is 6.54 Å². The molecule has 0 unspecified atom stereocenters. The van der Waals surface area contributed by atoms with Gasteiger partial charge in [-0.2, -0.15) is 4.99 Å². The van der Waals surface area contributed by atoms with Crippen LogP contribution >= 0.6 is 27.3 Å². The van der Waals surface area contributed by atoms with E-state index in [0.29, 0.717) is 21.0 Å². The van der Waals surface area contributed by atoms with Crippen molar-refractivity contribution >= 4 is 43.4 Å². The number of benzene rings is 1. The van der Waals surface area contributed by atoms with Crippen LogP contribution in [0.15, 0.2) is 38.3 Å². The first-order valence-electron chi connectivity index (χ1n) is 7.10. The molecule has 3 aromatic rings. The zero-order valence-corrected chi connectivity index (χ0v) is 15.8. The van der Waals surface area contributed by atoms with Crippen LogP contribution in [0.25, 0.3) is 10.2 Å². The number of thiazole rings is 1. The van der Waals surface area contributed by atoms with Crippen molar-refractivity contribution in [3.8, 4) is 23.8 Å². The Labute approximate surface area is 155 Å². The number of nitrogens with zero attached hydrogens (tertiary/aromatic N) is 2. The summed E-state index contributed by atoms with van der Waals surface area (Å²) >= 11 is 4.50. The molecule has 0 radical (unpaired) electrons. The molecule has 0 saturated heterocycles. The lowest BCUT2D eigenvalue weighted by Gasteiger charge is -2.08. The number of carbonyl (C=O) groups excluding carboxylic acids is 1. The fourth-order valence-electron chi connectivity index (χ4n) is 2.30. The minimum atomic E-state index is -0.484. The van der Waals surface area contributed by atoms with E-state index in [0.717, 1.165) is 10.2 Å². The monoisotopic (exact) mass is 420 g/mol. The molecule has 0 spiro atoms. The van der Waals surface area contributed by atoms with Crippen molar-refractivity contribution in [3.63, 3.8) is 0 Å². The van der Waals surface area contributed by atoms with Gasteiger partial charge in [-0.15, -0.1) is 6.42 Å². The Kier molecular flexibility index (Phi) is 4.97. The molecule has 0 fully saturated rings. The Morgan fingerprint density at radius 2 is 2.08 bits per heavy atom. The average molecular weight is 421 g/mol. The van der Waals surface area contributed by atoms with Crippen LogP contribution in [0.1, 0.15) is 10.6 Å². The van der Waals surface area contributed by atoms with Crippen LogP contribution in [0.3, 0.4) is 0 Å². The highest BCUT2D eigenvalue weighted by atomic mass is 79.9. The molecule has 0 aliphatic rings. The van der Waals surface area contributed by atoms with Gasteiger partial charge in [0.1, 0.15) is 0 Å². The fourth-order valence-corrected chi connectivity index (χ4v) is 3.64. The molecule has 0 saturated carbocycles. The summed E-state index contributed by atoms with van der Waals surface area (Å²) in [4.78, 5) is 17.0. The fraction of sp³-hybridized carbons (Fsp3) is 0.176. The van der Waals surface area contributed by atoms with Gasteiger partial charge in [0, 0.05) is 12.1 Å². The van der Waals surface area contributed by atoms with E-state index >= 15 is 0 Å². The van der Waals surface area contributed by atoms with Crippen molar-refractivity contribution in [3.05, 3.63) is 39.5 Å². The van der Waals surface area contributed by atoms with Crippen LogP contribution < -0.4 is 14.3 Å². The summed E-state index contributed by atoms with van der Waals surface area (Å²) < 4.78 is 19.0. The quantitative estimate of drug-likeness (QED) is 0.606. The number of fused-ring (bicyclic) bond motifs is 1. The molecule has 0 atom stereocenters. The number of rotatable bonds is 4. The first-order valence-corrected chi connectivity index (χ1v) is 8.71. The molecule has 3 rings (SSSR count). The molecular formula is C17H13BrN2O4S. The van der Waals surface area contributed by atoms with Crippen molar-refractivity contribution in [1.82, 2.24) is 4.57 Å². The van der Waals surface area contributed by atoms with Crippen molar-refractivity contribution in [1.29, 1.82) is 0 Å². The number of hydrogen-bond donors (Lipinski definition) is 0.